The molecule has 0 aliphatic carbocycles. The second kappa shape index (κ2) is 6.57. The third kappa shape index (κ3) is 2.91. The van der Waals surface area contributed by atoms with Gasteiger partial charge in [0.15, 0.2) is 0 Å². The summed E-state index contributed by atoms with van der Waals surface area (Å²) in [5, 5.41) is 3.47. The molecule has 3 saturated heterocycles. The average Bonchev–Trinajstić information content (AvgIpc) is 3.01. The predicted molar refractivity (Wildman–Crippen MR) is 98.7 cm³/mol. The topological polar surface area (TPSA) is 51.7 Å². The number of likely N-dealkylation sites (tertiary alicyclic amines) is 1. The first-order valence-electron chi connectivity index (χ1n) is 9.44. The molecule has 2 atom stereocenters. The molecule has 1 aromatic heterocycles. The summed E-state index contributed by atoms with van der Waals surface area (Å²) in [6.07, 6.45) is 4.81. The van der Waals surface area contributed by atoms with Crippen molar-refractivity contribution in [2.75, 3.05) is 64.3 Å². The van der Waals surface area contributed by atoms with E-state index in [0.717, 1.165) is 58.8 Å². The zero-order chi connectivity index (χ0) is 17.4. The Morgan fingerprint density at radius 2 is 2.20 bits per heavy atom. The first kappa shape index (κ1) is 16.8. The van der Waals surface area contributed by atoms with Crippen LogP contribution >= 0.6 is 0 Å². The summed E-state index contributed by atoms with van der Waals surface area (Å²) in [7, 11) is 2.14. The first-order chi connectivity index (χ1) is 12.1. The van der Waals surface area contributed by atoms with E-state index in [4.69, 9.17) is 0 Å². The van der Waals surface area contributed by atoms with E-state index in [1.807, 2.05) is 12.4 Å². The van der Waals surface area contributed by atoms with Crippen molar-refractivity contribution < 1.29 is 4.79 Å². The molecule has 3 aliphatic rings. The molecule has 3 fully saturated rings. The number of fused-ring (bicyclic) bond motifs is 1. The van der Waals surface area contributed by atoms with Crippen molar-refractivity contribution >= 4 is 11.6 Å². The molecule has 0 unspecified atom stereocenters. The van der Waals surface area contributed by atoms with E-state index < -0.39 is 0 Å². The molecule has 0 radical (unpaired) electrons. The van der Waals surface area contributed by atoms with Crippen LogP contribution in [0.25, 0.3) is 0 Å². The van der Waals surface area contributed by atoms with E-state index in [-0.39, 0.29) is 5.41 Å². The van der Waals surface area contributed by atoms with E-state index in [1.165, 1.54) is 11.3 Å². The van der Waals surface area contributed by atoms with Gasteiger partial charge in [-0.25, -0.2) is 0 Å². The zero-order valence-corrected chi connectivity index (χ0v) is 15.4. The van der Waals surface area contributed by atoms with Crippen molar-refractivity contribution in [3.05, 3.63) is 24.0 Å². The van der Waals surface area contributed by atoms with Crippen LogP contribution in [0.4, 0.5) is 5.69 Å². The van der Waals surface area contributed by atoms with E-state index in [9.17, 15) is 4.79 Å². The van der Waals surface area contributed by atoms with Crippen LogP contribution in [0.3, 0.4) is 0 Å². The van der Waals surface area contributed by atoms with Crippen LogP contribution in [-0.2, 0) is 4.79 Å². The molecule has 0 spiro atoms. The van der Waals surface area contributed by atoms with Gasteiger partial charge in [0.25, 0.3) is 0 Å². The lowest BCUT2D eigenvalue weighted by atomic mass is 9.79. The highest BCUT2D eigenvalue weighted by atomic mass is 16.2. The smallest absolute Gasteiger partial charge is 0.231 e. The van der Waals surface area contributed by atoms with Gasteiger partial charge in [0.05, 0.1) is 5.41 Å². The molecule has 25 heavy (non-hydrogen) atoms. The number of anilines is 1. The minimum atomic E-state index is -0.198. The number of hydrogen-bond acceptors (Lipinski definition) is 5. The highest BCUT2D eigenvalue weighted by Crippen LogP contribution is 2.40. The summed E-state index contributed by atoms with van der Waals surface area (Å²) in [5.74, 6) is 0.840. The molecule has 0 bridgehead atoms. The molecular formula is C19H29N5O. The lowest BCUT2D eigenvalue weighted by Crippen LogP contribution is -2.50. The van der Waals surface area contributed by atoms with Crippen molar-refractivity contribution in [2.45, 2.75) is 13.3 Å². The van der Waals surface area contributed by atoms with Crippen LogP contribution in [0.1, 0.15) is 12.0 Å². The average molecular weight is 343 g/mol. The van der Waals surface area contributed by atoms with Crippen molar-refractivity contribution in [2.24, 2.45) is 11.3 Å². The van der Waals surface area contributed by atoms with Crippen LogP contribution in [-0.4, -0.2) is 80.1 Å². The Morgan fingerprint density at radius 3 is 3.04 bits per heavy atom. The fourth-order valence-corrected chi connectivity index (χ4v) is 4.97. The number of carbonyl (C=O) groups is 1. The zero-order valence-electron chi connectivity index (χ0n) is 15.4. The minimum Gasteiger partial charge on any atom is -0.369 e. The number of aromatic nitrogens is 1. The molecule has 3 aliphatic heterocycles. The Hall–Kier alpha value is -1.66. The molecule has 136 valence electrons. The van der Waals surface area contributed by atoms with E-state index >= 15 is 0 Å². The normalized spacial score (nSPS) is 30.4. The number of pyridine rings is 1. The first-order valence-corrected chi connectivity index (χ1v) is 9.44. The number of aryl methyl sites for hydroxylation is 1. The van der Waals surface area contributed by atoms with Gasteiger partial charge in [-0.2, -0.15) is 0 Å². The summed E-state index contributed by atoms with van der Waals surface area (Å²) in [6.45, 7) is 9.46. The number of carbonyl (C=O) groups excluding carboxylic acids is 1. The van der Waals surface area contributed by atoms with Gasteiger partial charge in [0.1, 0.15) is 0 Å². The van der Waals surface area contributed by atoms with Gasteiger partial charge in [-0.1, -0.05) is 0 Å². The van der Waals surface area contributed by atoms with Crippen LogP contribution < -0.4 is 10.2 Å². The standard InChI is InChI=1S/C19H29N5O/c1-15-10-20-5-4-17(15)23-6-3-7-24(9-8-23)18(25)19-13-21-11-16(19)12-22(2)14-19/h4-5,10,16,21H,3,6-9,11-14H2,1-2H3/t16-,19-/m1/s1. The van der Waals surface area contributed by atoms with Gasteiger partial charge < -0.3 is 20.0 Å². The lowest BCUT2D eigenvalue weighted by Gasteiger charge is -2.33. The maximum atomic E-state index is 13.4. The van der Waals surface area contributed by atoms with Gasteiger partial charge in [-0.3, -0.25) is 9.78 Å². The number of nitrogens with one attached hydrogen (secondary N) is 1. The molecule has 1 aromatic rings. The Bertz CT molecular complexity index is 650. The van der Waals surface area contributed by atoms with Crippen molar-refractivity contribution in [3.8, 4) is 0 Å². The molecule has 0 aromatic carbocycles. The Labute approximate surface area is 150 Å². The van der Waals surface area contributed by atoms with Crippen molar-refractivity contribution in [3.63, 3.8) is 0 Å². The molecule has 0 saturated carbocycles. The van der Waals surface area contributed by atoms with Crippen LogP contribution in [0.15, 0.2) is 18.5 Å². The number of hydrogen-bond donors (Lipinski definition) is 1. The molecule has 6 nitrogen and oxygen atoms in total. The molecule has 4 heterocycles. The highest BCUT2D eigenvalue weighted by Gasteiger charge is 2.55. The monoisotopic (exact) mass is 343 g/mol. The summed E-state index contributed by atoms with van der Waals surface area (Å²) in [4.78, 5) is 24.5. The van der Waals surface area contributed by atoms with Crippen molar-refractivity contribution in [1.82, 2.24) is 20.1 Å². The highest BCUT2D eigenvalue weighted by molar-refractivity contribution is 5.85. The predicted octanol–water partition coefficient (Wildman–Crippen LogP) is 0.580. The summed E-state index contributed by atoms with van der Waals surface area (Å²) in [6, 6.07) is 2.09. The quantitative estimate of drug-likeness (QED) is 0.851. The van der Waals surface area contributed by atoms with Crippen LogP contribution in [0.5, 0.6) is 0 Å². The van der Waals surface area contributed by atoms with Gasteiger partial charge in [0.2, 0.25) is 5.91 Å². The molecule has 6 heteroatoms. The van der Waals surface area contributed by atoms with Gasteiger partial charge in [-0.15, -0.1) is 0 Å². The number of amides is 1. The molecule has 1 amide bonds. The van der Waals surface area contributed by atoms with Crippen LogP contribution in [0.2, 0.25) is 0 Å². The Kier molecular flexibility index (Phi) is 4.41. The Morgan fingerprint density at radius 1 is 1.32 bits per heavy atom. The van der Waals surface area contributed by atoms with E-state index in [0.29, 0.717) is 11.8 Å². The Balaban J connectivity index is 1.48. The number of rotatable bonds is 2. The molecular weight excluding hydrogens is 314 g/mol. The van der Waals surface area contributed by atoms with Gasteiger partial charge in [0, 0.05) is 76.4 Å². The van der Waals surface area contributed by atoms with Crippen molar-refractivity contribution in [1.29, 1.82) is 0 Å². The second-order valence-corrected chi connectivity index (χ2v) is 7.98. The third-order valence-corrected chi connectivity index (χ3v) is 6.24. The second-order valence-electron chi connectivity index (χ2n) is 7.98. The fourth-order valence-electron chi connectivity index (χ4n) is 4.97. The van der Waals surface area contributed by atoms with Crippen LogP contribution in [0, 0.1) is 18.3 Å². The maximum Gasteiger partial charge on any atom is 0.231 e. The number of nitrogens with zero attached hydrogens (tertiary/aromatic N) is 4. The SMILES string of the molecule is Cc1cnccc1N1CCCN(C(=O)[C@@]23CNC[C@@H]2CN(C)C3)CC1. The minimum absolute atomic E-state index is 0.198. The van der Waals surface area contributed by atoms with Gasteiger partial charge >= 0.3 is 0 Å². The fraction of sp³-hybridized carbons (Fsp3) is 0.684. The summed E-state index contributed by atoms with van der Waals surface area (Å²) >= 11 is 0. The summed E-state index contributed by atoms with van der Waals surface area (Å²) in [5.41, 5.74) is 2.26. The third-order valence-electron chi connectivity index (χ3n) is 6.24. The molecule has 4 rings (SSSR count). The maximum absolute atomic E-state index is 13.4. The van der Waals surface area contributed by atoms with E-state index in [1.54, 1.807) is 0 Å². The lowest BCUT2D eigenvalue weighted by molar-refractivity contribution is -0.141. The summed E-state index contributed by atoms with van der Waals surface area (Å²) < 4.78 is 0. The van der Waals surface area contributed by atoms with E-state index in [2.05, 4.69) is 45.0 Å². The molecule has 1 N–H and O–H groups in total. The largest absolute Gasteiger partial charge is 0.369 e. The van der Waals surface area contributed by atoms with Gasteiger partial charge in [-0.05, 0) is 32.0 Å².